The van der Waals surface area contributed by atoms with Crippen LogP contribution in [0.3, 0.4) is 0 Å². The van der Waals surface area contributed by atoms with Gasteiger partial charge in [-0.25, -0.2) is 0 Å². The molecule has 0 aliphatic carbocycles. The number of methoxy groups -OCH3 is 1. The first-order valence-corrected chi connectivity index (χ1v) is 7.68. The van der Waals surface area contributed by atoms with Crippen LogP contribution in [0.5, 0.6) is 11.5 Å². The van der Waals surface area contributed by atoms with Crippen molar-refractivity contribution in [2.45, 2.75) is 16.6 Å². The molecule has 0 spiro atoms. The molecule has 0 aromatic heterocycles. The van der Waals surface area contributed by atoms with Crippen molar-refractivity contribution in [2.75, 3.05) is 13.7 Å². The van der Waals surface area contributed by atoms with Crippen molar-refractivity contribution in [3.05, 3.63) is 53.6 Å². The van der Waals surface area contributed by atoms with Gasteiger partial charge < -0.3 is 9.47 Å². The van der Waals surface area contributed by atoms with Gasteiger partial charge in [-0.3, -0.25) is 4.79 Å². The van der Waals surface area contributed by atoms with Crippen LogP contribution in [0.1, 0.15) is 15.9 Å². The predicted octanol–water partition coefficient (Wildman–Crippen LogP) is 3.60. The summed E-state index contributed by atoms with van der Waals surface area (Å²) in [6.07, 6.45) is 1.82. The molecule has 0 N–H and O–H groups in total. The summed E-state index contributed by atoms with van der Waals surface area (Å²) >= 11 is 1.85. The third kappa shape index (κ3) is 3.05. The molecule has 0 amide bonds. The average molecular weight is 300 g/mol. The molecule has 0 radical (unpaired) electrons. The number of carbonyl (C=O) groups excluding carboxylic acids is 1. The standard InChI is InChI=1S/C17H16O3S/c1-19-16-8-12(10-18)6-7-15(16)20-11-14-9-13-4-2-3-5-17(13)21-14/h2-8,10,14H,9,11H2,1H3. The zero-order valence-electron chi connectivity index (χ0n) is 11.7. The molecule has 3 rings (SSSR count). The normalized spacial score (nSPS) is 16.3. The predicted molar refractivity (Wildman–Crippen MR) is 83.7 cm³/mol. The van der Waals surface area contributed by atoms with Crippen molar-refractivity contribution in [1.82, 2.24) is 0 Å². The quantitative estimate of drug-likeness (QED) is 0.790. The lowest BCUT2D eigenvalue weighted by atomic mass is 10.1. The molecule has 3 nitrogen and oxygen atoms in total. The number of aldehydes is 1. The molecular weight excluding hydrogens is 284 g/mol. The van der Waals surface area contributed by atoms with Crippen molar-refractivity contribution in [1.29, 1.82) is 0 Å². The fourth-order valence-electron chi connectivity index (χ4n) is 2.41. The summed E-state index contributed by atoms with van der Waals surface area (Å²) in [5.41, 5.74) is 1.97. The maximum absolute atomic E-state index is 10.8. The van der Waals surface area contributed by atoms with Crippen molar-refractivity contribution in [3.8, 4) is 11.5 Å². The van der Waals surface area contributed by atoms with Crippen molar-refractivity contribution >= 4 is 18.0 Å². The molecule has 4 heteroatoms. The molecule has 21 heavy (non-hydrogen) atoms. The Morgan fingerprint density at radius 1 is 1.24 bits per heavy atom. The van der Waals surface area contributed by atoms with Gasteiger partial charge in [-0.15, -0.1) is 11.8 Å². The van der Waals surface area contributed by atoms with E-state index in [1.165, 1.54) is 10.5 Å². The van der Waals surface area contributed by atoms with Gasteiger partial charge in [-0.1, -0.05) is 18.2 Å². The second-order valence-corrected chi connectivity index (χ2v) is 6.23. The third-order valence-electron chi connectivity index (χ3n) is 3.46. The van der Waals surface area contributed by atoms with E-state index in [-0.39, 0.29) is 0 Å². The highest BCUT2D eigenvalue weighted by Gasteiger charge is 2.22. The minimum Gasteiger partial charge on any atom is -0.493 e. The highest BCUT2D eigenvalue weighted by atomic mass is 32.2. The Kier molecular flexibility index (Phi) is 4.15. The van der Waals surface area contributed by atoms with E-state index in [4.69, 9.17) is 9.47 Å². The minimum absolute atomic E-state index is 0.415. The monoisotopic (exact) mass is 300 g/mol. The Morgan fingerprint density at radius 3 is 2.86 bits per heavy atom. The number of benzene rings is 2. The van der Waals surface area contributed by atoms with Gasteiger partial charge in [-0.2, -0.15) is 0 Å². The molecule has 108 valence electrons. The third-order valence-corrected chi connectivity index (χ3v) is 4.75. The summed E-state index contributed by atoms with van der Waals surface area (Å²) in [6, 6.07) is 13.7. The van der Waals surface area contributed by atoms with E-state index in [1.54, 1.807) is 25.3 Å². The number of fused-ring (bicyclic) bond motifs is 1. The number of thioether (sulfide) groups is 1. The van der Waals surface area contributed by atoms with Gasteiger partial charge in [0, 0.05) is 15.7 Å². The first-order chi connectivity index (χ1) is 10.3. The summed E-state index contributed by atoms with van der Waals surface area (Å²) in [6.45, 7) is 0.621. The summed E-state index contributed by atoms with van der Waals surface area (Å²) < 4.78 is 11.2. The van der Waals surface area contributed by atoms with E-state index >= 15 is 0 Å². The Hall–Kier alpha value is -1.94. The molecule has 0 saturated carbocycles. The second kappa shape index (κ2) is 6.22. The van der Waals surface area contributed by atoms with Crippen LogP contribution < -0.4 is 9.47 Å². The molecule has 0 fully saturated rings. The fraction of sp³-hybridized carbons (Fsp3) is 0.235. The molecule has 2 aromatic carbocycles. The first-order valence-electron chi connectivity index (χ1n) is 6.80. The molecule has 1 aliphatic rings. The smallest absolute Gasteiger partial charge is 0.161 e. The molecule has 0 saturated heterocycles. The molecule has 1 unspecified atom stereocenters. The van der Waals surface area contributed by atoms with E-state index < -0.39 is 0 Å². The lowest BCUT2D eigenvalue weighted by molar-refractivity contribution is 0.112. The van der Waals surface area contributed by atoms with Crippen LogP contribution in [0.15, 0.2) is 47.4 Å². The van der Waals surface area contributed by atoms with Gasteiger partial charge >= 0.3 is 0 Å². The van der Waals surface area contributed by atoms with E-state index in [0.717, 1.165) is 12.7 Å². The van der Waals surface area contributed by atoms with Crippen molar-refractivity contribution in [3.63, 3.8) is 0 Å². The van der Waals surface area contributed by atoms with Crippen molar-refractivity contribution < 1.29 is 14.3 Å². The number of ether oxygens (including phenoxy) is 2. The summed E-state index contributed by atoms with van der Waals surface area (Å²) in [5, 5.41) is 0.415. The van der Waals surface area contributed by atoms with E-state index in [0.29, 0.717) is 28.9 Å². The highest BCUT2D eigenvalue weighted by Crippen LogP contribution is 2.37. The van der Waals surface area contributed by atoms with E-state index in [9.17, 15) is 4.79 Å². The van der Waals surface area contributed by atoms with Gasteiger partial charge in [-0.05, 0) is 36.2 Å². The van der Waals surface area contributed by atoms with Gasteiger partial charge in [0.15, 0.2) is 11.5 Å². The van der Waals surface area contributed by atoms with Crippen LogP contribution in [0, 0.1) is 0 Å². The van der Waals surface area contributed by atoms with Gasteiger partial charge in [0.25, 0.3) is 0 Å². The average Bonchev–Trinajstić information content (AvgIpc) is 2.95. The van der Waals surface area contributed by atoms with Crippen LogP contribution >= 0.6 is 11.8 Å². The maximum atomic E-state index is 10.8. The summed E-state index contributed by atoms with van der Waals surface area (Å²) in [7, 11) is 1.58. The Bertz CT molecular complexity index is 629. The summed E-state index contributed by atoms with van der Waals surface area (Å²) in [4.78, 5) is 12.1. The highest BCUT2D eigenvalue weighted by molar-refractivity contribution is 8.00. The lowest BCUT2D eigenvalue weighted by Crippen LogP contribution is -2.13. The molecule has 2 aromatic rings. The molecule has 1 heterocycles. The van der Waals surface area contributed by atoms with Crippen LogP contribution in [0.2, 0.25) is 0 Å². The Balaban J connectivity index is 1.65. The lowest BCUT2D eigenvalue weighted by Gasteiger charge is -2.14. The molecule has 1 aliphatic heterocycles. The van der Waals surface area contributed by atoms with E-state index in [2.05, 4.69) is 24.3 Å². The number of rotatable bonds is 5. The van der Waals surface area contributed by atoms with Crippen LogP contribution in [0.25, 0.3) is 0 Å². The molecule has 1 atom stereocenters. The first kappa shape index (κ1) is 14.0. The van der Waals surface area contributed by atoms with E-state index in [1.807, 2.05) is 11.8 Å². The zero-order chi connectivity index (χ0) is 14.7. The number of carbonyl (C=O) groups is 1. The Labute approximate surface area is 128 Å². The molecular formula is C17H16O3S. The fourth-order valence-corrected chi connectivity index (χ4v) is 3.62. The van der Waals surface area contributed by atoms with Crippen LogP contribution in [-0.4, -0.2) is 25.3 Å². The van der Waals surface area contributed by atoms with Gasteiger partial charge in [0.1, 0.15) is 12.9 Å². The number of hydrogen-bond donors (Lipinski definition) is 0. The maximum Gasteiger partial charge on any atom is 0.161 e. The summed E-state index contributed by atoms with van der Waals surface area (Å²) in [5.74, 6) is 1.28. The topological polar surface area (TPSA) is 35.5 Å². The van der Waals surface area contributed by atoms with Gasteiger partial charge in [0.05, 0.1) is 7.11 Å². The Morgan fingerprint density at radius 2 is 2.10 bits per heavy atom. The largest absolute Gasteiger partial charge is 0.493 e. The molecule has 0 bridgehead atoms. The second-order valence-electron chi connectivity index (χ2n) is 4.89. The number of hydrogen-bond acceptors (Lipinski definition) is 4. The van der Waals surface area contributed by atoms with Crippen molar-refractivity contribution in [2.24, 2.45) is 0 Å². The van der Waals surface area contributed by atoms with Gasteiger partial charge in [0.2, 0.25) is 0 Å². The van der Waals surface area contributed by atoms with Crippen LogP contribution in [-0.2, 0) is 6.42 Å². The van der Waals surface area contributed by atoms with Crippen LogP contribution in [0.4, 0.5) is 0 Å². The zero-order valence-corrected chi connectivity index (χ0v) is 12.6. The SMILES string of the molecule is COc1cc(C=O)ccc1OCC1Cc2ccccc2S1. The minimum atomic E-state index is 0.415.